The molecule has 0 saturated carbocycles. The summed E-state index contributed by atoms with van der Waals surface area (Å²) in [6, 6.07) is 0.149. The monoisotopic (exact) mass is 320 g/mol. The highest BCUT2D eigenvalue weighted by Crippen LogP contribution is 2.17. The normalized spacial score (nSPS) is 12.8. The van der Waals surface area contributed by atoms with Crippen molar-refractivity contribution in [1.82, 2.24) is 9.62 Å². The Hall–Kier alpha value is -0.130. The summed E-state index contributed by atoms with van der Waals surface area (Å²) in [4.78, 5) is 0. The number of hydrogen-bond acceptors (Lipinski definition) is 3. The minimum Gasteiger partial charge on any atom is -0.317 e. The lowest BCUT2D eigenvalue weighted by Gasteiger charge is -2.31. The van der Waals surface area contributed by atoms with E-state index in [1.807, 2.05) is 0 Å². The van der Waals surface area contributed by atoms with E-state index in [4.69, 9.17) is 0 Å². The Morgan fingerprint density at radius 1 is 1.00 bits per heavy atom. The highest BCUT2D eigenvalue weighted by atomic mass is 32.2. The summed E-state index contributed by atoms with van der Waals surface area (Å²) in [6.45, 7) is 13.0. The lowest BCUT2D eigenvalue weighted by atomic mass is 10.1. The quantitative estimate of drug-likeness (QED) is 0.530. The lowest BCUT2D eigenvalue weighted by molar-refractivity contribution is 0.276. The molecule has 0 saturated heterocycles. The molecule has 0 atom stereocenters. The fourth-order valence-electron chi connectivity index (χ4n) is 2.50. The second-order valence-corrected chi connectivity index (χ2v) is 8.25. The molecular formula is C16H36N2O2S. The van der Waals surface area contributed by atoms with Crippen LogP contribution in [-0.2, 0) is 10.0 Å². The van der Waals surface area contributed by atoms with Crippen LogP contribution in [-0.4, -0.2) is 44.2 Å². The highest BCUT2D eigenvalue weighted by Gasteiger charge is 2.27. The molecule has 21 heavy (non-hydrogen) atoms. The number of rotatable bonds is 13. The van der Waals surface area contributed by atoms with Gasteiger partial charge >= 0.3 is 0 Å². The molecule has 0 aromatic rings. The lowest BCUT2D eigenvalue weighted by Crippen LogP contribution is -2.43. The van der Waals surface area contributed by atoms with E-state index in [-0.39, 0.29) is 11.8 Å². The number of unbranched alkanes of at least 4 members (excludes halogenated alkanes) is 1. The van der Waals surface area contributed by atoms with E-state index in [0.29, 0.717) is 12.5 Å². The van der Waals surface area contributed by atoms with Crippen molar-refractivity contribution in [2.24, 2.45) is 5.92 Å². The third kappa shape index (κ3) is 8.79. The summed E-state index contributed by atoms with van der Waals surface area (Å²) in [7, 11) is -3.13. The summed E-state index contributed by atoms with van der Waals surface area (Å²) in [6.07, 6.45) is 4.57. The van der Waals surface area contributed by atoms with Crippen molar-refractivity contribution in [3.63, 3.8) is 0 Å². The van der Waals surface area contributed by atoms with Crippen molar-refractivity contribution in [3.05, 3.63) is 0 Å². The van der Waals surface area contributed by atoms with Crippen LogP contribution in [0.1, 0.15) is 66.7 Å². The van der Waals surface area contributed by atoms with E-state index < -0.39 is 10.0 Å². The van der Waals surface area contributed by atoms with Crippen LogP contribution in [0.4, 0.5) is 0 Å². The zero-order chi connectivity index (χ0) is 16.3. The topological polar surface area (TPSA) is 49.4 Å². The molecule has 128 valence electrons. The molecule has 0 rings (SSSR count). The van der Waals surface area contributed by atoms with Gasteiger partial charge in [-0.05, 0) is 51.1 Å². The summed E-state index contributed by atoms with van der Waals surface area (Å²) in [5, 5.41) is 3.32. The summed E-state index contributed by atoms with van der Waals surface area (Å²) >= 11 is 0. The van der Waals surface area contributed by atoms with Crippen LogP contribution >= 0.6 is 0 Å². The first-order valence-corrected chi connectivity index (χ1v) is 10.2. The van der Waals surface area contributed by atoms with E-state index in [2.05, 4.69) is 39.9 Å². The van der Waals surface area contributed by atoms with E-state index >= 15 is 0 Å². The Morgan fingerprint density at radius 2 is 1.62 bits per heavy atom. The molecule has 0 radical (unpaired) electrons. The smallest absolute Gasteiger partial charge is 0.214 e. The van der Waals surface area contributed by atoms with E-state index in [1.54, 1.807) is 4.31 Å². The van der Waals surface area contributed by atoms with Gasteiger partial charge in [0.1, 0.15) is 0 Å². The Bertz CT molecular complexity index is 338. The van der Waals surface area contributed by atoms with Crippen LogP contribution in [0.25, 0.3) is 0 Å². The van der Waals surface area contributed by atoms with Crippen LogP contribution in [0.2, 0.25) is 0 Å². The fourth-order valence-corrected chi connectivity index (χ4v) is 4.58. The van der Waals surface area contributed by atoms with Crippen LogP contribution in [0.5, 0.6) is 0 Å². The maximum atomic E-state index is 12.6. The first-order chi connectivity index (χ1) is 9.88. The number of nitrogens with one attached hydrogen (secondary N) is 1. The van der Waals surface area contributed by atoms with Crippen molar-refractivity contribution in [1.29, 1.82) is 0 Å². The molecule has 0 unspecified atom stereocenters. The first-order valence-electron chi connectivity index (χ1n) is 8.59. The van der Waals surface area contributed by atoms with Crippen molar-refractivity contribution in [3.8, 4) is 0 Å². The van der Waals surface area contributed by atoms with Gasteiger partial charge in [0, 0.05) is 12.6 Å². The maximum Gasteiger partial charge on any atom is 0.214 e. The first kappa shape index (κ1) is 20.9. The summed E-state index contributed by atoms with van der Waals surface area (Å²) < 4.78 is 27.0. The molecule has 0 aliphatic heterocycles. The third-order valence-corrected chi connectivity index (χ3v) is 5.65. The molecule has 0 aliphatic rings. The molecule has 0 amide bonds. The average Bonchev–Trinajstić information content (AvgIpc) is 2.42. The zero-order valence-electron chi connectivity index (χ0n) is 14.7. The molecule has 4 nitrogen and oxygen atoms in total. The summed E-state index contributed by atoms with van der Waals surface area (Å²) in [5.41, 5.74) is 0. The second kappa shape index (κ2) is 11.4. The van der Waals surface area contributed by atoms with Crippen LogP contribution < -0.4 is 5.32 Å². The van der Waals surface area contributed by atoms with E-state index in [1.165, 1.54) is 0 Å². The van der Waals surface area contributed by atoms with Gasteiger partial charge in [0.2, 0.25) is 10.0 Å². The number of hydrogen-bond donors (Lipinski definition) is 1. The Morgan fingerprint density at radius 3 is 2.10 bits per heavy atom. The third-order valence-electron chi connectivity index (χ3n) is 3.68. The molecule has 0 spiro atoms. The van der Waals surface area contributed by atoms with Gasteiger partial charge in [-0.3, -0.25) is 0 Å². The van der Waals surface area contributed by atoms with Gasteiger partial charge in [-0.25, -0.2) is 8.42 Å². The molecule has 0 fully saturated rings. The van der Waals surface area contributed by atoms with Gasteiger partial charge in [0.05, 0.1) is 5.75 Å². The van der Waals surface area contributed by atoms with Crippen LogP contribution in [0, 0.1) is 5.92 Å². The molecule has 5 heteroatoms. The van der Waals surface area contributed by atoms with Crippen molar-refractivity contribution < 1.29 is 8.42 Å². The second-order valence-electron chi connectivity index (χ2n) is 6.21. The van der Waals surface area contributed by atoms with Crippen LogP contribution in [0.3, 0.4) is 0 Å². The van der Waals surface area contributed by atoms with Gasteiger partial charge in [-0.15, -0.1) is 0 Å². The molecule has 1 N–H and O–H groups in total. The molecular weight excluding hydrogens is 284 g/mol. The highest BCUT2D eigenvalue weighted by molar-refractivity contribution is 7.89. The van der Waals surface area contributed by atoms with Crippen molar-refractivity contribution in [2.75, 3.05) is 25.4 Å². The molecule has 0 bridgehead atoms. The Labute approximate surface area is 132 Å². The minimum atomic E-state index is -3.13. The number of nitrogens with zero attached hydrogens (tertiary/aromatic N) is 1. The van der Waals surface area contributed by atoms with Gasteiger partial charge in [0.25, 0.3) is 0 Å². The maximum absolute atomic E-state index is 12.6. The zero-order valence-corrected chi connectivity index (χ0v) is 15.5. The van der Waals surface area contributed by atoms with Gasteiger partial charge in [-0.1, -0.05) is 34.6 Å². The predicted octanol–water partition coefficient (Wildman–Crippen LogP) is 3.24. The fraction of sp³-hybridized carbons (Fsp3) is 1.00. The predicted molar refractivity (Wildman–Crippen MR) is 92.1 cm³/mol. The molecule has 0 aliphatic carbocycles. The molecule has 0 heterocycles. The van der Waals surface area contributed by atoms with E-state index in [0.717, 1.165) is 45.2 Å². The van der Waals surface area contributed by atoms with Crippen LogP contribution in [0.15, 0.2) is 0 Å². The average molecular weight is 321 g/mol. The SMILES string of the molecule is CCCNCCCCS(=O)(=O)N(CC(C)C)C(CC)CC. The van der Waals surface area contributed by atoms with Gasteiger partial charge in [0.15, 0.2) is 0 Å². The molecule has 0 aromatic carbocycles. The molecule has 0 aromatic heterocycles. The minimum absolute atomic E-state index is 0.149. The summed E-state index contributed by atoms with van der Waals surface area (Å²) in [5.74, 6) is 0.649. The van der Waals surface area contributed by atoms with Crippen molar-refractivity contribution >= 4 is 10.0 Å². The van der Waals surface area contributed by atoms with Crippen molar-refractivity contribution in [2.45, 2.75) is 72.8 Å². The van der Waals surface area contributed by atoms with E-state index in [9.17, 15) is 8.42 Å². The largest absolute Gasteiger partial charge is 0.317 e. The number of sulfonamides is 1. The Kier molecular flexibility index (Phi) is 11.4. The standard InChI is InChI=1S/C16H36N2O2S/c1-6-11-17-12-9-10-13-21(19,20)18(14-15(4)5)16(7-2)8-3/h15-17H,6-14H2,1-5H3. The Balaban J connectivity index is 4.49. The van der Waals surface area contributed by atoms with Gasteiger partial charge < -0.3 is 5.32 Å². The van der Waals surface area contributed by atoms with Gasteiger partial charge in [-0.2, -0.15) is 4.31 Å².